The normalized spacial score (nSPS) is 11.3. The smallest absolute Gasteiger partial charge is 0.494 e. The zero-order chi connectivity index (χ0) is 12.2. The second kappa shape index (κ2) is 5.43. The van der Waals surface area contributed by atoms with E-state index in [1.165, 1.54) is 12.1 Å². The molecule has 0 aromatic heterocycles. The van der Waals surface area contributed by atoms with Gasteiger partial charge in [-0.05, 0) is 13.0 Å². The molecular formula is C10H10BrF3O2. The van der Waals surface area contributed by atoms with E-state index in [0.29, 0.717) is 17.9 Å². The van der Waals surface area contributed by atoms with Gasteiger partial charge in [-0.25, -0.2) is 0 Å². The topological polar surface area (TPSA) is 18.5 Å². The van der Waals surface area contributed by atoms with Crippen molar-refractivity contribution in [2.24, 2.45) is 0 Å². The molecule has 0 saturated heterocycles. The zero-order valence-electron chi connectivity index (χ0n) is 8.47. The first kappa shape index (κ1) is 13.2. The molecule has 0 unspecified atom stereocenters. The molecule has 0 atom stereocenters. The third-order valence-corrected chi connectivity index (χ3v) is 2.32. The minimum atomic E-state index is -4.69. The molecule has 16 heavy (non-hydrogen) atoms. The summed E-state index contributed by atoms with van der Waals surface area (Å²) in [6.07, 6.45) is -4.69. The summed E-state index contributed by atoms with van der Waals surface area (Å²) in [5.74, 6) is 0.113. The van der Waals surface area contributed by atoms with Gasteiger partial charge in [0, 0.05) is 17.0 Å². The summed E-state index contributed by atoms with van der Waals surface area (Å²) in [5, 5.41) is 0.283. The lowest BCUT2D eigenvalue weighted by atomic mass is 10.2. The molecule has 90 valence electrons. The second-order valence-corrected chi connectivity index (χ2v) is 3.44. The van der Waals surface area contributed by atoms with E-state index in [4.69, 9.17) is 4.74 Å². The first-order valence-corrected chi connectivity index (χ1v) is 5.66. The Morgan fingerprint density at radius 2 is 2.00 bits per heavy atom. The Morgan fingerprint density at radius 1 is 1.31 bits per heavy atom. The number of benzene rings is 1. The summed E-state index contributed by atoms with van der Waals surface area (Å²) in [5.41, 5.74) is 0.417. The Hall–Kier alpha value is -0.910. The minimum absolute atomic E-state index is 0.240. The molecule has 0 fully saturated rings. The van der Waals surface area contributed by atoms with Crippen molar-refractivity contribution in [3.63, 3.8) is 0 Å². The van der Waals surface area contributed by atoms with Crippen LogP contribution in [-0.2, 0) is 5.33 Å². The van der Waals surface area contributed by atoms with Gasteiger partial charge in [-0.15, -0.1) is 13.2 Å². The van der Waals surface area contributed by atoms with Crippen molar-refractivity contribution in [3.8, 4) is 11.5 Å². The molecule has 0 radical (unpaired) electrons. The van der Waals surface area contributed by atoms with Gasteiger partial charge in [0.1, 0.15) is 11.5 Å². The predicted octanol–water partition coefficient (Wildman–Crippen LogP) is 3.88. The Balaban J connectivity index is 2.97. The van der Waals surface area contributed by atoms with Gasteiger partial charge in [-0.2, -0.15) is 0 Å². The maximum absolute atomic E-state index is 12.1. The number of alkyl halides is 4. The highest BCUT2D eigenvalue weighted by atomic mass is 79.9. The molecule has 6 heteroatoms. The highest BCUT2D eigenvalue weighted by Gasteiger charge is 2.32. The first-order chi connectivity index (χ1) is 7.46. The Kier molecular flexibility index (Phi) is 4.46. The first-order valence-electron chi connectivity index (χ1n) is 4.53. The van der Waals surface area contributed by atoms with Crippen LogP contribution in [0, 0.1) is 0 Å². The van der Waals surface area contributed by atoms with Gasteiger partial charge in [-0.3, -0.25) is 0 Å². The summed E-state index contributed by atoms with van der Waals surface area (Å²) in [6, 6.07) is 4.36. The van der Waals surface area contributed by atoms with Crippen LogP contribution in [0.1, 0.15) is 12.5 Å². The summed E-state index contributed by atoms with van der Waals surface area (Å²) < 4.78 is 45.3. The Labute approximate surface area is 99.5 Å². The summed E-state index contributed by atoms with van der Waals surface area (Å²) >= 11 is 3.09. The maximum atomic E-state index is 12.1. The molecular weight excluding hydrogens is 289 g/mol. The average Bonchev–Trinajstić information content (AvgIpc) is 2.16. The molecule has 0 aliphatic heterocycles. The molecule has 2 nitrogen and oxygen atoms in total. The van der Waals surface area contributed by atoms with Crippen LogP contribution in [-0.4, -0.2) is 13.0 Å². The molecule has 0 saturated carbocycles. The highest BCUT2D eigenvalue weighted by Crippen LogP contribution is 2.31. The molecule has 0 N–H and O–H groups in total. The molecule has 1 aromatic carbocycles. The van der Waals surface area contributed by atoms with E-state index in [2.05, 4.69) is 20.7 Å². The second-order valence-electron chi connectivity index (χ2n) is 2.88. The third kappa shape index (κ3) is 3.92. The van der Waals surface area contributed by atoms with Gasteiger partial charge in [0.15, 0.2) is 0 Å². The standard InChI is InChI=1S/C10H10BrF3O2/c1-2-15-8-4-3-7(6-11)9(5-8)16-10(12,13)14/h3-5H,2,6H2,1H3. The average molecular weight is 299 g/mol. The van der Waals surface area contributed by atoms with Crippen LogP contribution in [0.5, 0.6) is 11.5 Å². The van der Waals surface area contributed by atoms with Crippen LogP contribution in [0.15, 0.2) is 18.2 Å². The number of halogens is 4. The van der Waals surface area contributed by atoms with E-state index in [1.807, 2.05) is 0 Å². The van der Waals surface area contributed by atoms with E-state index in [-0.39, 0.29) is 11.1 Å². The molecule has 1 aromatic rings. The third-order valence-electron chi connectivity index (χ3n) is 1.72. The van der Waals surface area contributed by atoms with Crippen molar-refractivity contribution in [2.75, 3.05) is 6.61 Å². The predicted molar refractivity (Wildman–Crippen MR) is 56.9 cm³/mol. The van der Waals surface area contributed by atoms with Gasteiger partial charge < -0.3 is 9.47 Å². The van der Waals surface area contributed by atoms with Crippen LogP contribution >= 0.6 is 15.9 Å². The number of hydrogen-bond acceptors (Lipinski definition) is 2. The van der Waals surface area contributed by atoms with Crippen molar-refractivity contribution < 1.29 is 22.6 Å². The van der Waals surface area contributed by atoms with Crippen molar-refractivity contribution in [1.29, 1.82) is 0 Å². The van der Waals surface area contributed by atoms with E-state index < -0.39 is 6.36 Å². The van der Waals surface area contributed by atoms with Crippen molar-refractivity contribution >= 4 is 15.9 Å². The number of ether oxygens (including phenoxy) is 2. The number of rotatable bonds is 4. The van der Waals surface area contributed by atoms with Crippen LogP contribution in [0.3, 0.4) is 0 Å². The van der Waals surface area contributed by atoms with Crippen LogP contribution in [0.4, 0.5) is 13.2 Å². The van der Waals surface area contributed by atoms with Gasteiger partial charge in [0.05, 0.1) is 6.61 Å². The molecule has 1 rings (SSSR count). The molecule has 0 bridgehead atoms. The monoisotopic (exact) mass is 298 g/mol. The van der Waals surface area contributed by atoms with E-state index in [1.54, 1.807) is 13.0 Å². The lowest BCUT2D eigenvalue weighted by Gasteiger charge is -2.13. The van der Waals surface area contributed by atoms with Gasteiger partial charge in [-0.1, -0.05) is 22.0 Å². The summed E-state index contributed by atoms with van der Waals surface area (Å²) in [4.78, 5) is 0. The van der Waals surface area contributed by atoms with Crippen LogP contribution in [0.2, 0.25) is 0 Å². The van der Waals surface area contributed by atoms with Crippen molar-refractivity contribution in [3.05, 3.63) is 23.8 Å². The van der Waals surface area contributed by atoms with E-state index in [9.17, 15) is 13.2 Å². The minimum Gasteiger partial charge on any atom is -0.494 e. The molecule has 0 aliphatic carbocycles. The molecule has 0 spiro atoms. The zero-order valence-corrected chi connectivity index (χ0v) is 10.1. The van der Waals surface area contributed by atoms with Gasteiger partial charge in [0.25, 0.3) is 0 Å². The fourth-order valence-corrected chi connectivity index (χ4v) is 1.58. The van der Waals surface area contributed by atoms with Crippen molar-refractivity contribution in [1.82, 2.24) is 0 Å². The fourth-order valence-electron chi connectivity index (χ4n) is 1.12. The Bertz CT molecular complexity index is 352. The lowest BCUT2D eigenvalue weighted by molar-refractivity contribution is -0.274. The fraction of sp³-hybridized carbons (Fsp3) is 0.400. The van der Waals surface area contributed by atoms with Gasteiger partial charge >= 0.3 is 6.36 Å². The molecule has 0 aliphatic rings. The van der Waals surface area contributed by atoms with Crippen molar-refractivity contribution in [2.45, 2.75) is 18.6 Å². The summed E-state index contributed by atoms with van der Waals surface area (Å²) in [6.45, 7) is 2.14. The quantitative estimate of drug-likeness (QED) is 0.786. The van der Waals surface area contributed by atoms with Crippen LogP contribution in [0.25, 0.3) is 0 Å². The molecule has 0 amide bonds. The van der Waals surface area contributed by atoms with Crippen LogP contribution < -0.4 is 9.47 Å². The largest absolute Gasteiger partial charge is 0.573 e. The summed E-state index contributed by atoms with van der Waals surface area (Å²) in [7, 11) is 0. The lowest BCUT2D eigenvalue weighted by Crippen LogP contribution is -2.18. The molecule has 0 heterocycles. The van der Waals surface area contributed by atoms with E-state index in [0.717, 1.165) is 0 Å². The Morgan fingerprint density at radius 3 is 2.50 bits per heavy atom. The highest BCUT2D eigenvalue weighted by molar-refractivity contribution is 9.08. The maximum Gasteiger partial charge on any atom is 0.573 e. The SMILES string of the molecule is CCOc1ccc(CBr)c(OC(F)(F)F)c1. The van der Waals surface area contributed by atoms with E-state index >= 15 is 0 Å². The van der Waals surface area contributed by atoms with Gasteiger partial charge in [0.2, 0.25) is 0 Å². The number of hydrogen-bond donors (Lipinski definition) is 0.